The molecule has 0 saturated heterocycles. The molecule has 0 spiro atoms. The fourth-order valence-electron chi connectivity index (χ4n) is 1.19. The summed E-state index contributed by atoms with van der Waals surface area (Å²) in [5.74, 6) is -0.824. The molecule has 0 fully saturated rings. The Labute approximate surface area is 99.4 Å². The van der Waals surface area contributed by atoms with E-state index in [-0.39, 0.29) is 23.9 Å². The van der Waals surface area contributed by atoms with Crippen LogP contribution in [-0.2, 0) is 9.53 Å². The molecule has 17 heavy (non-hydrogen) atoms. The fraction of sp³-hybridized carbons (Fsp3) is 0.545. The van der Waals surface area contributed by atoms with E-state index in [1.807, 2.05) is 6.92 Å². The number of anilines is 1. The highest BCUT2D eigenvalue weighted by molar-refractivity contribution is 5.73. The van der Waals surface area contributed by atoms with Crippen molar-refractivity contribution >= 4 is 11.9 Å². The van der Waals surface area contributed by atoms with Crippen molar-refractivity contribution < 1.29 is 13.9 Å². The van der Waals surface area contributed by atoms with Gasteiger partial charge in [-0.05, 0) is 20.8 Å². The van der Waals surface area contributed by atoms with Gasteiger partial charge in [-0.2, -0.15) is 0 Å². The van der Waals surface area contributed by atoms with E-state index in [0.717, 1.165) is 12.4 Å². The lowest BCUT2D eigenvalue weighted by atomic mass is 10.0. The molecule has 2 atom stereocenters. The van der Waals surface area contributed by atoms with Crippen LogP contribution in [0.3, 0.4) is 0 Å². The number of ether oxygens (including phenoxy) is 1. The van der Waals surface area contributed by atoms with Crippen molar-refractivity contribution in [2.24, 2.45) is 5.92 Å². The van der Waals surface area contributed by atoms with Gasteiger partial charge in [0, 0.05) is 6.04 Å². The number of hydrogen-bond donors (Lipinski definition) is 1. The Bertz CT molecular complexity index is 369. The molecule has 0 saturated carbocycles. The average molecular weight is 241 g/mol. The summed E-state index contributed by atoms with van der Waals surface area (Å²) >= 11 is 0. The SMILES string of the molecule is CCOC(=O)[C@H](C)[C@H](C)Nc1ncc(F)cn1. The summed E-state index contributed by atoms with van der Waals surface area (Å²) in [7, 11) is 0. The smallest absolute Gasteiger partial charge is 0.310 e. The van der Waals surface area contributed by atoms with Crippen molar-refractivity contribution in [2.45, 2.75) is 26.8 Å². The molecule has 5 nitrogen and oxygen atoms in total. The molecular formula is C11H16FN3O2. The van der Waals surface area contributed by atoms with Crippen LogP contribution in [0.4, 0.5) is 10.3 Å². The van der Waals surface area contributed by atoms with Crippen LogP contribution >= 0.6 is 0 Å². The zero-order chi connectivity index (χ0) is 12.8. The Hall–Kier alpha value is -1.72. The molecule has 0 radical (unpaired) electrons. The molecule has 6 heteroatoms. The standard InChI is InChI=1S/C11H16FN3O2/c1-4-17-10(16)7(2)8(3)15-11-13-5-9(12)6-14-11/h5-8H,4H2,1-3H3,(H,13,14,15)/t7-,8+/m1/s1. The molecule has 0 amide bonds. The molecule has 0 aliphatic heterocycles. The first-order valence-corrected chi connectivity index (χ1v) is 5.45. The lowest BCUT2D eigenvalue weighted by molar-refractivity contribution is -0.147. The van der Waals surface area contributed by atoms with Gasteiger partial charge in [-0.15, -0.1) is 0 Å². The highest BCUT2D eigenvalue weighted by Gasteiger charge is 2.21. The summed E-state index contributed by atoms with van der Waals surface area (Å²) in [5, 5.41) is 2.92. The molecule has 1 N–H and O–H groups in total. The van der Waals surface area contributed by atoms with E-state index < -0.39 is 5.82 Å². The topological polar surface area (TPSA) is 64.1 Å². The second-order valence-electron chi connectivity index (χ2n) is 3.70. The molecule has 0 aromatic carbocycles. The zero-order valence-electron chi connectivity index (χ0n) is 10.1. The molecule has 0 aliphatic carbocycles. The van der Waals surface area contributed by atoms with E-state index in [0.29, 0.717) is 6.61 Å². The van der Waals surface area contributed by atoms with E-state index in [1.165, 1.54) is 0 Å². The third-order valence-corrected chi connectivity index (χ3v) is 2.39. The zero-order valence-corrected chi connectivity index (χ0v) is 10.1. The molecule has 0 unspecified atom stereocenters. The summed E-state index contributed by atoms with van der Waals surface area (Å²) in [4.78, 5) is 19.0. The van der Waals surface area contributed by atoms with Crippen LogP contribution < -0.4 is 5.32 Å². The molecule has 94 valence electrons. The van der Waals surface area contributed by atoms with Gasteiger partial charge in [0.1, 0.15) is 0 Å². The summed E-state index contributed by atoms with van der Waals surface area (Å²) in [6.45, 7) is 5.67. The largest absolute Gasteiger partial charge is 0.466 e. The van der Waals surface area contributed by atoms with Gasteiger partial charge in [-0.25, -0.2) is 14.4 Å². The molecule has 1 rings (SSSR count). The van der Waals surface area contributed by atoms with E-state index in [1.54, 1.807) is 13.8 Å². The first-order chi connectivity index (χ1) is 8.04. The normalized spacial score (nSPS) is 13.9. The summed E-state index contributed by atoms with van der Waals surface area (Å²) in [6.07, 6.45) is 2.13. The van der Waals surface area contributed by atoms with Crippen LogP contribution in [0.1, 0.15) is 20.8 Å². The molecule has 1 heterocycles. The van der Waals surface area contributed by atoms with Gasteiger partial charge in [0.25, 0.3) is 0 Å². The van der Waals surface area contributed by atoms with Crippen LogP contribution in [0.15, 0.2) is 12.4 Å². The van der Waals surface area contributed by atoms with Gasteiger partial charge in [-0.3, -0.25) is 4.79 Å². The van der Waals surface area contributed by atoms with E-state index in [2.05, 4.69) is 15.3 Å². The Balaban J connectivity index is 2.56. The Morgan fingerprint density at radius 2 is 2.06 bits per heavy atom. The molecule has 0 bridgehead atoms. The number of carbonyl (C=O) groups excluding carboxylic acids is 1. The third-order valence-electron chi connectivity index (χ3n) is 2.39. The maximum Gasteiger partial charge on any atom is 0.310 e. The summed E-state index contributed by atoms with van der Waals surface area (Å²) in [5.41, 5.74) is 0. The minimum atomic E-state index is -0.498. The maximum atomic E-state index is 12.6. The van der Waals surface area contributed by atoms with Crippen LogP contribution in [-0.4, -0.2) is 28.6 Å². The molecule has 0 aliphatic rings. The first-order valence-electron chi connectivity index (χ1n) is 5.45. The summed E-state index contributed by atoms with van der Waals surface area (Å²) in [6, 6.07) is -0.195. The van der Waals surface area contributed by atoms with Gasteiger partial charge in [-0.1, -0.05) is 0 Å². The number of rotatable bonds is 5. The average Bonchev–Trinajstić information content (AvgIpc) is 2.31. The van der Waals surface area contributed by atoms with Crippen molar-refractivity contribution in [3.8, 4) is 0 Å². The minimum Gasteiger partial charge on any atom is -0.466 e. The van der Waals surface area contributed by atoms with Crippen LogP contribution in [0.5, 0.6) is 0 Å². The number of carbonyl (C=O) groups is 1. The Morgan fingerprint density at radius 1 is 1.47 bits per heavy atom. The second kappa shape index (κ2) is 6.12. The predicted molar refractivity (Wildman–Crippen MR) is 60.9 cm³/mol. The van der Waals surface area contributed by atoms with Crippen LogP contribution in [0.25, 0.3) is 0 Å². The quantitative estimate of drug-likeness (QED) is 0.793. The van der Waals surface area contributed by atoms with Gasteiger partial charge in [0.15, 0.2) is 5.82 Å². The minimum absolute atomic E-state index is 0.195. The number of nitrogens with zero attached hydrogens (tertiary/aromatic N) is 2. The fourth-order valence-corrected chi connectivity index (χ4v) is 1.19. The van der Waals surface area contributed by atoms with Crippen molar-refractivity contribution in [1.82, 2.24) is 9.97 Å². The maximum absolute atomic E-state index is 12.6. The van der Waals surface area contributed by atoms with Gasteiger partial charge < -0.3 is 10.1 Å². The third kappa shape index (κ3) is 3.97. The summed E-state index contributed by atoms with van der Waals surface area (Å²) < 4.78 is 17.5. The van der Waals surface area contributed by atoms with Gasteiger partial charge >= 0.3 is 5.97 Å². The predicted octanol–water partition coefficient (Wildman–Crippen LogP) is 1.62. The van der Waals surface area contributed by atoms with Crippen molar-refractivity contribution in [3.63, 3.8) is 0 Å². The number of esters is 1. The van der Waals surface area contributed by atoms with Crippen LogP contribution in [0.2, 0.25) is 0 Å². The van der Waals surface area contributed by atoms with Gasteiger partial charge in [0.2, 0.25) is 5.95 Å². The number of aromatic nitrogens is 2. The lowest BCUT2D eigenvalue weighted by Gasteiger charge is -2.19. The lowest BCUT2D eigenvalue weighted by Crippen LogP contribution is -2.31. The van der Waals surface area contributed by atoms with Crippen molar-refractivity contribution in [2.75, 3.05) is 11.9 Å². The first kappa shape index (κ1) is 13.3. The van der Waals surface area contributed by atoms with Gasteiger partial charge in [0.05, 0.1) is 24.9 Å². The monoisotopic (exact) mass is 241 g/mol. The molecule has 1 aromatic rings. The van der Waals surface area contributed by atoms with E-state index in [4.69, 9.17) is 4.74 Å². The van der Waals surface area contributed by atoms with Crippen molar-refractivity contribution in [3.05, 3.63) is 18.2 Å². The number of hydrogen-bond acceptors (Lipinski definition) is 5. The van der Waals surface area contributed by atoms with E-state index >= 15 is 0 Å². The van der Waals surface area contributed by atoms with E-state index in [9.17, 15) is 9.18 Å². The highest BCUT2D eigenvalue weighted by atomic mass is 19.1. The molecule has 1 aromatic heterocycles. The molecular weight excluding hydrogens is 225 g/mol. The highest BCUT2D eigenvalue weighted by Crippen LogP contribution is 2.10. The second-order valence-corrected chi connectivity index (χ2v) is 3.70. The number of nitrogens with one attached hydrogen (secondary N) is 1. The Kier molecular flexibility index (Phi) is 4.81. The van der Waals surface area contributed by atoms with Crippen LogP contribution in [0, 0.1) is 11.7 Å². The Morgan fingerprint density at radius 3 is 2.59 bits per heavy atom. The number of halogens is 1. The van der Waals surface area contributed by atoms with Crippen molar-refractivity contribution in [1.29, 1.82) is 0 Å².